The van der Waals surface area contributed by atoms with Gasteiger partial charge in [0.05, 0.1) is 33.9 Å². The van der Waals surface area contributed by atoms with Gasteiger partial charge in [0.25, 0.3) is 0 Å². The minimum Gasteiger partial charge on any atom is -0.493 e. The van der Waals surface area contributed by atoms with E-state index in [1.165, 1.54) is 0 Å². The van der Waals surface area contributed by atoms with Crippen molar-refractivity contribution >= 4 is 0 Å². The Balaban J connectivity index is 2.59. The fraction of sp³-hybridized carbons (Fsp3) is 0.684. The molecule has 128 valence electrons. The summed E-state index contributed by atoms with van der Waals surface area (Å²) in [4.78, 5) is 0.252. The molecule has 23 heavy (non-hydrogen) atoms. The molecule has 4 heteroatoms. The van der Waals surface area contributed by atoms with Gasteiger partial charge in [-0.1, -0.05) is 13.8 Å². The van der Waals surface area contributed by atoms with Gasteiger partial charge in [0.2, 0.25) is 0 Å². The summed E-state index contributed by atoms with van der Waals surface area (Å²) in [5.74, 6) is -5.57. The Morgan fingerprint density at radius 1 is 1.43 bits per heavy atom. The van der Waals surface area contributed by atoms with E-state index in [1.807, 2.05) is 0 Å². The second kappa shape index (κ2) is 6.70. The molecule has 2 aliphatic rings. The molecule has 1 N–H and O–H groups in total. The fourth-order valence-electron chi connectivity index (χ4n) is 2.56. The van der Waals surface area contributed by atoms with Crippen LogP contribution in [0.4, 0.5) is 0 Å². The molecule has 0 aliphatic carbocycles. The summed E-state index contributed by atoms with van der Waals surface area (Å²) in [5, 5.41) is 11.2. The van der Waals surface area contributed by atoms with E-state index < -0.39 is 98.5 Å². The van der Waals surface area contributed by atoms with Crippen LogP contribution in [0.25, 0.3) is 0 Å². The number of aliphatic hydroxyl groups is 1. The molecule has 3 unspecified atom stereocenters. The van der Waals surface area contributed by atoms with Crippen molar-refractivity contribution in [3.05, 3.63) is 23.2 Å². The highest BCUT2D eigenvalue weighted by Gasteiger charge is 2.38. The Hall–Kier alpha value is -1.26. The van der Waals surface area contributed by atoms with Crippen LogP contribution in [0.1, 0.15) is 67.1 Å². The van der Waals surface area contributed by atoms with Crippen LogP contribution in [0.2, 0.25) is 0 Å². The number of piperidine rings is 1. The Kier molecular flexibility index (Phi) is 1.64. The summed E-state index contributed by atoms with van der Waals surface area (Å²) in [5.41, 5.74) is -2.41. The van der Waals surface area contributed by atoms with Crippen LogP contribution in [0.5, 0.6) is 11.5 Å². The van der Waals surface area contributed by atoms with Crippen molar-refractivity contribution in [1.82, 2.24) is 4.90 Å². The van der Waals surface area contributed by atoms with Crippen molar-refractivity contribution in [3.63, 3.8) is 0 Å². The molecule has 0 aromatic heterocycles. The predicted octanol–water partition coefficient (Wildman–Crippen LogP) is 3.03. The lowest BCUT2D eigenvalue weighted by molar-refractivity contribution is -0.0191. The highest BCUT2D eigenvalue weighted by Crippen LogP contribution is 2.43. The van der Waals surface area contributed by atoms with Gasteiger partial charge in [0.15, 0.2) is 11.5 Å². The number of ether oxygens (including phenoxy) is 2. The third-order valence-corrected chi connectivity index (χ3v) is 3.54. The first-order valence-corrected chi connectivity index (χ1v) is 7.07. The average molecular weight is 337 g/mol. The number of benzene rings is 1. The standard InChI is InChI=1S/C19H29NO3/c1-12(2)7-14-11-20-6-5-13-8-18(22-3)19(23-4)9-15(13)16(20)10-17(14)21/h8-9,12,14,16-17,21H,5-7,10-11H2,1-4H3/i3D3,4D3,5D2,6D2,8D,9D,10D2,14D,16D,17D. The van der Waals surface area contributed by atoms with E-state index in [0.29, 0.717) is 0 Å². The number of nitrogens with zero attached hydrogens (tertiary/aromatic N) is 1. The first-order chi connectivity index (χ1) is 17.5. The summed E-state index contributed by atoms with van der Waals surface area (Å²) in [6, 6.07) is -6.11. The summed E-state index contributed by atoms with van der Waals surface area (Å²) in [6.45, 7) is -1.37. The van der Waals surface area contributed by atoms with E-state index in [9.17, 15) is 6.48 Å². The highest BCUT2D eigenvalue weighted by molar-refractivity contribution is 5.49. The molecule has 3 rings (SSSR count). The van der Waals surface area contributed by atoms with E-state index >= 15 is 0 Å². The first kappa shape index (κ1) is 5.63. The zero-order valence-electron chi connectivity index (χ0n) is 29.7. The lowest BCUT2D eigenvalue weighted by Crippen LogP contribution is -2.48. The normalized spacial score (nSPS) is 55.6. The molecule has 2 heterocycles. The summed E-state index contributed by atoms with van der Waals surface area (Å²) in [7, 11) is -6.83. The van der Waals surface area contributed by atoms with Crippen molar-refractivity contribution in [2.24, 2.45) is 11.8 Å². The zero-order valence-corrected chi connectivity index (χ0v) is 12.7. The molecule has 4 nitrogen and oxygen atoms in total. The van der Waals surface area contributed by atoms with Gasteiger partial charge in [0, 0.05) is 28.7 Å². The molecule has 0 amide bonds. The summed E-state index contributed by atoms with van der Waals surface area (Å²) < 4.78 is 150. The minimum atomic E-state index is -3.71. The van der Waals surface area contributed by atoms with Gasteiger partial charge in [0.1, 0.15) is 0 Å². The van der Waals surface area contributed by atoms with Crippen LogP contribution in [0, 0.1) is 11.8 Å². The SMILES string of the molecule is [2H]c1c(OC([2H])([2H])[2H])c(OC([2H])([2H])[2H])c([2H])c2c1C([2H])([2H])C([2H])([2H])N1CC([2H])(CC(C)C)C([2H])(O)C([2H])([2H])C21[2H]. The molecule has 1 saturated heterocycles. The Morgan fingerprint density at radius 2 is 2.17 bits per heavy atom. The first-order valence-electron chi connectivity index (χ1n) is 15.6. The quantitative estimate of drug-likeness (QED) is 0.918. The Labute approximate surface area is 163 Å². The third-order valence-electron chi connectivity index (χ3n) is 3.54. The molecule has 0 spiro atoms. The van der Waals surface area contributed by atoms with Crippen LogP contribution >= 0.6 is 0 Å². The van der Waals surface area contributed by atoms with Gasteiger partial charge in [-0.15, -0.1) is 0 Å². The van der Waals surface area contributed by atoms with E-state index in [-0.39, 0.29) is 11.3 Å². The molecule has 2 aliphatic heterocycles. The topological polar surface area (TPSA) is 41.9 Å². The number of fused-ring (bicyclic) bond motifs is 3. The maximum atomic E-state index is 11.2. The van der Waals surface area contributed by atoms with E-state index in [4.69, 9.17) is 31.4 Å². The van der Waals surface area contributed by atoms with Gasteiger partial charge >= 0.3 is 0 Å². The van der Waals surface area contributed by atoms with Crippen LogP contribution < -0.4 is 9.47 Å². The lowest BCUT2D eigenvalue weighted by atomic mass is 9.79. The van der Waals surface area contributed by atoms with Crippen LogP contribution in [0.15, 0.2) is 12.1 Å². The smallest absolute Gasteiger partial charge is 0.161 e. The maximum Gasteiger partial charge on any atom is 0.161 e. The average Bonchev–Trinajstić information content (AvgIpc) is 2.71. The third kappa shape index (κ3) is 3.20. The molecule has 1 aromatic rings. The van der Waals surface area contributed by atoms with Crippen molar-refractivity contribution in [3.8, 4) is 11.5 Å². The van der Waals surface area contributed by atoms with Gasteiger partial charge in [-0.2, -0.15) is 0 Å². The van der Waals surface area contributed by atoms with Crippen molar-refractivity contribution in [1.29, 1.82) is 0 Å². The molecule has 0 radical (unpaired) electrons. The van der Waals surface area contributed by atoms with Gasteiger partial charge in [-0.25, -0.2) is 0 Å². The summed E-state index contributed by atoms with van der Waals surface area (Å²) >= 11 is 0. The number of hydrogen-bond donors (Lipinski definition) is 1. The minimum absolute atomic E-state index is 0.252. The largest absolute Gasteiger partial charge is 0.493 e. The van der Waals surface area contributed by atoms with Crippen molar-refractivity contribution < 1.29 is 37.9 Å². The Morgan fingerprint density at radius 3 is 2.87 bits per heavy atom. The molecular formula is C19H29NO3. The molecule has 1 fully saturated rings. The van der Waals surface area contributed by atoms with Crippen LogP contribution in [-0.2, 0) is 6.37 Å². The second-order valence-corrected chi connectivity index (χ2v) is 5.71. The molecular weight excluding hydrogens is 290 g/mol. The highest BCUT2D eigenvalue weighted by atomic mass is 16.5. The zero-order chi connectivity index (χ0) is 31.4. The van der Waals surface area contributed by atoms with Crippen molar-refractivity contribution in [2.75, 3.05) is 27.1 Å². The second-order valence-electron chi connectivity index (χ2n) is 5.71. The van der Waals surface area contributed by atoms with Gasteiger partial charge in [-0.3, -0.25) is 4.90 Å². The number of rotatable bonds is 4. The van der Waals surface area contributed by atoms with E-state index in [1.54, 1.807) is 13.8 Å². The van der Waals surface area contributed by atoms with Crippen LogP contribution in [0.3, 0.4) is 0 Å². The van der Waals surface area contributed by atoms with E-state index in [0.717, 1.165) is 0 Å². The van der Waals surface area contributed by atoms with E-state index in [2.05, 4.69) is 0 Å². The number of hydrogen-bond acceptors (Lipinski definition) is 4. The number of methoxy groups -OCH3 is 2. The molecule has 3 atom stereocenters. The lowest BCUT2D eigenvalue weighted by Gasteiger charge is -2.46. The molecule has 1 aromatic carbocycles. The molecule has 0 saturated carbocycles. The van der Waals surface area contributed by atoms with Gasteiger partial charge in [-0.05, 0) is 54.2 Å². The fourth-order valence-corrected chi connectivity index (χ4v) is 2.56. The Bertz CT molecular complexity index is 1190. The predicted molar refractivity (Wildman–Crippen MR) is 91.1 cm³/mol. The van der Waals surface area contributed by atoms with Gasteiger partial charge < -0.3 is 14.6 Å². The molecule has 0 bridgehead atoms. The summed E-state index contributed by atoms with van der Waals surface area (Å²) in [6.07, 6.45) is -11.0. The maximum absolute atomic E-state index is 11.2. The van der Waals surface area contributed by atoms with Crippen molar-refractivity contribution in [2.45, 2.75) is 45.1 Å². The van der Waals surface area contributed by atoms with Crippen LogP contribution in [-0.4, -0.2) is 43.2 Å². The monoisotopic (exact) mass is 336 g/mol.